The first-order valence-corrected chi connectivity index (χ1v) is 12.3. The highest BCUT2D eigenvalue weighted by Gasteiger charge is 2.35. The van der Waals surface area contributed by atoms with Gasteiger partial charge in [-0.05, 0) is 42.5 Å². The van der Waals surface area contributed by atoms with Crippen molar-refractivity contribution < 1.29 is 27.5 Å². The van der Waals surface area contributed by atoms with Crippen LogP contribution in [0.15, 0.2) is 65.8 Å². The number of hydrogen-bond donors (Lipinski definition) is 2. The minimum Gasteiger partial charge on any atom is -0.486 e. The molecule has 0 spiro atoms. The van der Waals surface area contributed by atoms with E-state index in [1.54, 1.807) is 29.2 Å². The zero-order valence-electron chi connectivity index (χ0n) is 18.4. The Morgan fingerprint density at radius 2 is 1.71 bits per heavy atom. The van der Waals surface area contributed by atoms with Crippen LogP contribution in [0.4, 0.5) is 17.3 Å². The first kappa shape index (κ1) is 22.6. The standard InChI is InChI=1S/C23H21N5O6S/c29-21-12-15(14-28(21)17-4-7-19-20(13-17)34-11-10-33-19)22(30)26-16-2-5-18(6-3-16)35(31,32)27-23-24-8-1-9-25-23/h1-9,13,15H,10-12,14H2,(H,26,30)(H,24,25,27). The summed E-state index contributed by atoms with van der Waals surface area (Å²) < 4.78 is 38.4. The number of nitrogens with zero attached hydrogens (tertiary/aromatic N) is 3. The molecule has 1 unspecified atom stereocenters. The molecule has 0 radical (unpaired) electrons. The van der Waals surface area contributed by atoms with Gasteiger partial charge >= 0.3 is 0 Å². The molecular formula is C23H21N5O6S. The van der Waals surface area contributed by atoms with Crippen molar-refractivity contribution in [3.05, 3.63) is 60.9 Å². The maximum Gasteiger partial charge on any atom is 0.264 e. The van der Waals surface area contributed by atoms with Gasteiger partial charge in [0.2, 0.25) is 17.8 Å². The first-order valence-electron chi connectivity index (χ1n) is 10.8. The number of nitrogens with one attached hydrogen (secondary N) is 2. The molecule has 0 bridgehead atoms. The van der Waals surface area contributed by atoms with Crippen molar-refractivity contribution in [1.29, 1.82) is 0 Å². The largest absolute Gasteiger partial charge is 0.486 e. The fourth-order valence-corrected chi connectivity index (χ4v) is 4.78. The van der Waals surface area contributed by atoms with Gasteiger partial charge in [-0.3, -0.25) is 9.59 Å². The summed E-state index contributed by atoms with van der Waals surface area (Å²) in [6, 6.07) is 12.5. The highest BCUT2D eigenvalue weighted by Crippen LogP contribution is 2.36. The molecule has 0 aliphatic carbocycles. The Kier molecular flexibility index (Phi) is 5.95. The molecule has 2 amide bonds. The second-order valence-electron chi connectivity index (χ2n) is 7.92. The number of amides is 2. The summed E-state index contributed by atoms with van der Waals surface area (Å²) in [5.41, 5.74) is 1.05. The molecule has 3 heterocycles. The number of rotatable bonds is 6. The lowest BCUT2D eigenvalue weighted by molar-refractivity contribution is -0.122. The number of fused-ring (bicyclic) bond motifs is 1. The zero-order valence-corrected chi connectivity index (χ0v) is 19.2. The van der Waals surface area contributed by atoms with Gasteiger partial charge in [-0.1, -0.05) is 0 Å². The van der Waals surface area contributed by atoms with Crippen molar-refractivity contribution in [3.63, 3.8) is 0 Å². The van der Waals surface area contributed by atoms with E-state index in [9.17, 15) is 18.0 Å². The molecule has 35 heavy (non-hydrogen) atoms. The lowest BCUT2D eigenvalue weighted by Gasteiger charge is -2.22. The molecule has 2 aromatic carbocycles. The van der Waals surface area contributed by atoms with Crippen molar-refractivity contribution in [3.8, 4) is 11.5 Å². The number of hydrogen-bond acceptors (Lipinski definition) is 8. The molecule has 2 aliphatic heterocycles. The number of ether oxygens (including phenoxy) is 2. The molecule has 0 saturated carbocycles. The summed E-state index contributed by atoms with van der Waals surface area (Å²) in [7, 11) is -3.88. The minimum absolute atomic E-state index is 0.0104. The first-order chi connectivity index (χ1) is 16.9. The monoisotopic (exact) mass is 495 g/mol. The van der Waals surface area contributed by atoms with Crippen LogP contribution in [0, 0.1) is 5.92 Å². The van der Waals surface area contributed by atoms with Crippen molar-refractivity contribution in [1.82, 2.24) is 9.97 Å². The molecule has 2 aliphatic rings. The average molecular weight is 496 g/mol. The highest BCUT2D eigenvalue weighted by atomic mass is 32.2. The maximum absolute atomic E-state index is 12.8. The smallest absolute Gasteiger partial charge is 0.264 e. The summed E-state index contributed by atoms with van der Waals surface area (Å²) in [5.74, 6) is 0.0901. The normalized spacial score (nSPS) is 17.2. The lowest BCUT2D eigenvalue weighted by atomic mass is 10.1. The van der Waals surface area contributed by atoms with E-state index < -0.39 is 15.9 Å². The lowest BCUT2D eigenvalue weighted by Crippen LogP contribution is -2.28. The number of benzene rings is 2. The van der Waals surface area contributed by atoms with Gasteiger partial charge in [0, 0.05) is 42.8 Å². The molecule has 2 N–H and O–H groups in total. The molecule has 11 nitrogen and oxygen atoms in total. The Morgan fingerprint density at radius 3 is 2.46 bits per heavy atom. The number of aromatic nitrogens is 2. The van der Waals surface area contributed by atoms with Crippen LogP contribution in [-0.4, -0.2) is 50.0 Å². The molecule has 1 atom stereocenters. The number of sulfonamides is 1. The summed E-state index contributed by atoms with van der Waals surface area (Å²) in [6.07, 6.45) is 2.91. The van der Waals surface area contributed by atoms with Gasteiger partial charge in [0.25, 0.3) is 10.0 Å². The quantitative estimate of drug-likeness (QED) is 0.530. The van der Waals surface area contributed by atoms with E-state index in [0.29, 0.717) is 36.1 Å². The van der Waals surface area contributed by atoms with E-state index >= 15 is 0 Å². The number of carbonyl (C=O) groups excluding carboxylic acids is 2. The third-order valence-corrected chi connectivity index (χ3v) is 6.90. The Balaban J connectivity index is 1.23. The van der Waals surface area contributed by atoms with Gasteiger partial charge in [0.05, 0.1) is 10.8 Å². The summed E-state index contributed by atoms with van der Waals surface area (Å²) in [6.45, 7) is 1.13. The topological polar surface area (TPSA) is 140 Å². The number of carbonyl (C=O) groups is 2. The zero-order chi connectivity index (χ0) is 24.4. The Labute approximate surface area is 201 Å². The number of anilines is 3. The van der Waals surface area contributed by atoms with E-state index in [-0.39, 0.29) is 35.6 Å². The third kappa shape index (κ3) is 4.87. The van der Waals surface area contributed by atoms with Gasteiger partial charge in [0.1, 0.15) is 13.2 Å². The summed E-state index contributed by atoms with van der Waals surface area (Å²) in [4.78, 5) is 34.6. The second-order valence-corrected chi connectivity index (χ2v) is 9.61. The van der Waals surface area contributed by atoms with Crippen LogP contribution >= 0.6 is 0 Å². The minimum atomic E-state index is -3.88. The van der Waals surface area contributed by atoms with Crippen molar-refractivity contribution in [2.24, 2.45) is 5.92 Å². The van der Waals surface area contributed by atoms with Crippen LogP contribution in [0.25, 0.3) is 0 Å². The SMILES string of the molecule is O=C(Nc1ccc(S(=O)(=O)Nc2ncccn2)cc1)C1CC(=O)N(c2ccc3c(c2)OCCO3)C1. The van der Waals surface area contributed by atoms with Crippen LogP contribution < -0.4 is 24.4 Å². The van der Waals surface area contributed by atoms with Gasteiger partial charge < -0.3 is 19.7 Å². The van der Waals surface area contributed by atoms with Gasteiger partial charge in [-0.2, -0.15) is 0 Å². The van der Waals surface area contributed by atoms with E-state index in [4.69, 9.17) is 9.47 Å². The van der Waals surface area contributed by atoms with Gasteiger partial charge in [0.15, 0.2) is 11.5 Å². The second kappa shape index (κ2) is 9.22. The van der Waals surface area contributed by atoms with Gasteiger partial charge in [-0.25, -0.2) is 23.1 Å². The van der Waals surface area contributed by atoms with Crippen LogP contribution in [0.1, 0.15) is 6.42 Å². The molecule has 1 aromatic heterocycles. The highest BCUT2D eigenvalue weighted by molar-refractivity contribution is 7.92. The van der Waals surface area contributed by atoms with Crippen molar-refractivity contribution in [2.75, 3.05) is 34.7 Å². The summed E-state index contributed by atoms with van der Waals surface area (Å²) in [5, 5.41) is 2.75. The molecule has 1 fully saturated rings. The van der Waals surface area contributed by atoms with Crippen LogP contribution in [0.3, 0.4) is 0 Å². The third-order valence-electron chi connectivity index (χ3n) is 5.56. The molecule has 180 valence electrons. The Hall–Kier alpha value is -4.19. The van der Waals surface area contributed by atoms with E-state index in [1.807, 2.05) is 0 Å². The fraction of sp³-hybridized carbons (Fsp3) is 0.217. The van der Waals surface area contributed by atoms with Crippen LogP contribution in [-0.2, 0) is 19.6 Å². The fourth-order valence-electron chi connectivity index (χ4n) is 3.83. The van der Waals surface area contributed by atoms with Crippen LogP contribution in [0.2, 0.25) is 0 Å². The molecule has 5 rings (SSSR count). The predicted molar refractivity (Wildman–Crippen MR) is 126 cm³/mol. The molecule has 3 aromatic rings. The van der Waals surface area contributed by atoms with Crippen molar-refractivity contribution in [2.45, 2.75) is 11.3 Å². The molecule has 1 saturated heterocycles. The maximum atomic E-state index is 12.8. The predicted octanol–water partition coefficient (Wildman–Crippen LogP) is 2.04. The van der Waals surface area contributed by atoms with E-state index in [1.165, 1.54) is 36.7 Å². The van der Waals surface area contributed by atoms with E-state index in [2.05, 4.69) is 20.0 Å². The Morgan fingerprint density at radius 1 is 1.00 bits per heavy atom. The average Bonchev–Trinajstić information content (AvgIpc) is 3.26. The van der Waals surface area contributed by atoms with Gasteiger partial charge in [-0.15, -0.1) is 0 Å². The molecular weight excluding hydrogens is 474 g/mol. The molecule has 12 heteroatoms. The van der Waals surface area contributed by atoms with Crippen LogP contribution in [0.5, 0.6) is 11.5 Å². The Bertz CT molecular complexity index is 1360. The summed E-state index contributed by atoms with van der Waals surface area (Å²) >= 11 is 0. The van der Waals surface area contributed by atoms with Crippen molar-refractivity contribution >= 4 is 39.2 Å². The van der Waals surface area contributed by atoms with E-state index in [0.717, 1.165) is 0 Å².